The number of hydrogen-bond donors (Lipinski definition) is 0. The average Bonchev–Trinajstić information content (AvgIpc) is 3.26. The number of imidazole rings is 1. The highest BCUT2D eigenvalue weighted by molar-refractivity contribution is 6.30. The number of fused-ring (bicyclic) bond motifs is 1. The van der Waals surface area contributed by atoms with E-state index in [2.05, 4.69) is 16.2 Å². The lowest BCUT2D eigenvalue weighted by Crippen LogP contribution is -1.90. The number of benzene rings is 1. The van der Waals surface area contributed by atoms with E-state index in [-0.39, 0.29) is 0 Å². The highest BCUT2D eigenvalue weighted by Crippen LogP contribution is 2.31. The van der Waals surface area contributed by atoms with Crippen LogP contribution in [0.5, 0.6) is 0 Å². The van der Waals surface area contributed by atoms with Gasteiger partial charge in [0.2, 0.25) is 0 Å². The number of aryl methyl sites for hydroxylation is 1. The Hall–Kier alpha value is -3.10. The van der Waals surface area contributed by atoms with Gasteiger partial charge in [-0.15, -0.1) is 0 Å². The standard InChI is InChI=1S/C18H12ClN5.C2H6/c1-23-11-16(18(22-23)12-2-5-14(19)6-3-12)13-4-7-17-21-9-15(8-20)24(17)10-13;1-2/h2-7,9-11H,1H3;1-2H3. The van der Waals surface area contributed by atoms with E-state index in [4.69, 9.17) is 11.6 Å². The lowest BCUT2D eigenvalue weighted by molar-refractivity contribution is 0.771. The summed E-state index contributed by atoms with van der Waals surface area (Å²) in [6, 6.07) is 13.6. The first-order valence-electron chi connectivity index (χ1n) is 8.33. The van der Waals surface area contributed by atoms with Gasteiger partial charge in [-0.25, -0.2) is 4.98 Å². The second-order valence-corrected chi connectivity index (χ2v) is 5.91. The van der Waals surface area contributed by atoms with Crippen molar-refractivity contribution in [1.82, 2.24) is 19.2 Å². The molecule has 26 heavy (non-hydrogen) atoms. The summed E-state index contributed by atoms with van der Waals surface area (Å²) in [5.74, 6) is 0. The fourth-order valence-electron chi connectivity index (χ4n) is 2.74. The molecule has 0 aliphatic rings. The van der Waals surface area contributed by atoms with Crippen LogP contribution in [0.1, 0.15) is 19.5 Å². The zero-order chi connectivity index (χ0) is 18.7. The van der Waals surface area contributed by atoms with Gasteiger partial charge >= 0.3 is 0 Å². The number of halogens is 1. The van der Waals surface area contributed by atoms with Crippen molar-refractivity contribution in [3.05, 3.63) is 65.7 Å². The topological polar surface area (TPSA) is 58.9 Å². The van der Waals surface area contributed by atoms with Gasteiger partial charge in [0.1, 0.15) is 23.1 Å². The Bertz CT molecular complexity index is 1080. The van der Waals surface area contributed by atoms with E-state index in [0.717, 1.165) is 28.0 Å². The molecule has 6 heteroatoms. The van der Waals surface area contributed by atoms with E-state index in [1.54, 1.807) is 15.3 Å². The molecule has 0 atom stereocenters. The molecule has 0 N–H and O–H groups in total. The molecule has 1 aromatic carbocycles. The van der Waals surface area contributed by atoms with Gasteiger partial charge in [0.05, 0.1) is 6.20 Å². The quantitative estimate of drug-likeness (QED) is 0.506. The minimum absolute atomic E-state index is 0.504. The molecule has 4 aromatic rings. The van der Waals surface area contributed by atoms with E-state index >= 15 is 0 Å². The molecule has 0 spiro atoms. The van der Waals surface area contributed by atoms with Crippen molar-refractivity contribution in [3.8, 4) is 28.5 Å². The largest absolute Gasteiger partial charge is 0.291 e. The second-order valence-electron chi connectivity index (χ2n) is 5.47. The van der Waals surface area contributed by atoms with E-state index in [1.165, 1.54) is 0 Å². The smallest absolute Gasteiger partial charge is 0.144 e. The zero-order valence-corrected chi connectivity index (χ0v) is 15.6. The number of aromatic nitrogens is 4. The van der Waals surface area contributed by atoms with Gasteiger partial charge in [0, 0.05) is 41.2 Å². The number of rotatable bonds is 2. The van der Waals surface area contributed by atoms with Crippen LogP contribution in [0, 0.1) is 11.3 Å². The summed E-state index contributed by atoms with van der Waals surface area (Å²) in [4.78, 5) is 4.22. The van der Waals surface area contributed by atoms with Crippen LogP contribution >= 0.6 is 11.6 Å². The summed E-state index contributed by atoms with van der Waals surface area (Å²) in [5.41, 5.74) is 5.05. The van der Waals surface area contributed by atoms with Crippen molar-refractivity contribution < 1.29 is 0 Å². The minimum Gasteiger partial charge on any atom is -0.291 e. The first kappa shape index (κ1) is 17.7. The third-order valence-electron chi connectivity index (χ3n) is 3.88. The SMILES string of the molecule is CC.Cn1cc(-c2ccc3ncc(C#N)n3c2)c(-c2ccc(Cl)cc2)n1. The molecule has 0 bridgehead atoms. The van der Waals surface area contributed by atoms with Crippen molar-refractivity contribution in [2.24, 2.45) is 7.05 Å². The molecule has 0 aliphatic heterocycles. The highest BCUT2D eigenvalue weighted by Gasteiger charge is 2.13. The maximum atomic E-state index is 9.21. The van der Waals surface area contributed by atoms with Gasteiger partial charge in [-0.05, 0) is 24.3 Å². The molecule has 0 radical (unpaired) electrons. The van der Waals surface area contributed by atoms with Crippen molar-refractivity contribution in [1.29, 1.82) is 5.26 Å². The summed E-state index contributed by atoms with van der Waals surface area (Å²) in [7, 11) is 1.89. The third-order valence-corrected chi connectivity index (χ3v) is 4.13. The van der Waals surface area contributed by atoms with Gasteiger partial charge in [-0.1, -0.05) is 37.6 Å². The molecular formula is C20H18ClN5. The van der Waals surface area contributed by atoms with Crippen LogP contribution < -0.4 is 0 Å². The van der Waals surface area contributed by atoms with Crippen LogP contribution in [0.2, 0.25) is 5.02 Å². The number of pyridine rings is 1. The maximum Gasteiger partial charge on any atom is 0.144 e. The van der Waals surface area contributed by atoms with Gasteiger partial charge in [0.15, 0.2) is 0 Å². The predicted octanol–water partition coefficient (Wildman–Crippen LogP) is 4.95. The third kappa shape index (κ3) is 3.19. The number of hydrogen-bond acceptors (Lipinski definition) is 3. The van der Waals surface area contributed by atoms with Gasteiger partial charge in [-0.2, -0.15) is 10.4 Å². The van der Waals surface area contributed by atoms with Crippen molar-refractivity contribution >= 4 is 17.2 Å². The highest BCUT2D eigenvalue weighted by atomic mass is 35.5. The van der Waals surface area contributed by atoms with Crippen molar-refractivity contribution in [2.75, 3.05) is 0 Å². The molecule has 0 fully saturated rings. The second kappa shape index (κ2) is 7.42. The van der Waals surface area contributed by atoms with Crippen molar-refractivity contribution in [3.63, 3.8) is 0 Å². The molecule has 0 amide bonds. The van der Waals surface area contributed by atoms with Crippen LogP contribution in [-0.2, 0) is 7.05 Å². The lowest BCUT2D eigenvalue weighted by atomic mass is 10.0. The summed E-state index contributed by atoms with van der Waals surface area (Å²) in [6.07, 6.45) is 5.45. The summed E-state index contributed by atoms with van der Waals surface area (Å²) < 4.78 is 3.57. The first-order chi connectivity index (χ1) is 12.7. The Balaban J connectivity index is 0.000000948. The molecular weight excluding hydrogens is 346 g/mol. The van der Waals surface area contributed by atoms with Crippen LogP contribution in [0.25, 0.3) is 28.0 Å². The Morgan fingerprint density at radius 2 is 1.69 bits per heavy atom. The summed E-state index contributed by atoms with van der Waals surface area (Å²) in [6.45, 7) is 4.00. The van der Waals surface area contributed by atoms with E-state index in [9.17, 15) is 5.26 Å². The van der Waals surface area contributed by atoms with E-state index in [0.29, 0.717) is 10.7 Å². The Morgan fingerprint density at radius 3 is 2.38 bits per heavy atom. The zero-order valence-electron chi connectivity index (χ0n) is 14.8. The fraction of sp³-hybridized carbons (Fsp3) is 0.150. The normalized spacial score (nSPS) is 10.3. The minimum atomic E-state index is 0.504. The molecule has 0 saturated carbocycles. The van der Waals surface area contributed by atoms with Crippen LogP contribution in [0.15, 0.2) is 55.0 Å². The molecule has 4 rings (SSSR count). The average molecular weight is 364 g/mol. The Labute approximate surface area is 157 Å². The summed E-state index contributed by atoms with van der Waals surface area (Å²) >= 11 is 5.98. The van der Waals surface area contributed by atoms with E-state index in [1.807, 2.05) is 69.7 Å². The molecule has 0 aliphatic carbocycles. The van der Waals surface area contributed by atoms with Gasteiger partial charge in [-0.3, -0.25) is 9.08 Å². The van der Waals surface area contributed by atoms with Crippen LogP contribution in [0.4, 0.5) is 0 Å². The summed E-state index contributed by atoms with van der Waals surface area (Å²) in [5, 5.41) is 14.5. The molecule has 3 heterocycles. The Morgan fingerprint density at radius 1 is 1.00 bits per heavy atom. The molecule has 0 saturated heterocycles. The van der Waals surface area contributed by atoms with E-state index < -0.39 is 0 Å². The molecule has 130 valence electrons. The number of nitrogens with zero attached hydrogens (tertiary/aromatic N) is 5. The molecule has 0 unspecified atom stereocenters. The monoisotopic (exact) mass is 363 g/mol. The van der Waals surface area contributed by atoms with Gasteiger partial charge < -0.3 is 0 Å². The first-order valence-corrected chi connectivity index (χ1v) is 8.70. The van der Waals surface area contributed by atoms with Gasteiger partial charge in [0.25, 0.3) is 0 Å². The van der Waals surface area contributed by atoms with Crippen LogP contribution in [-0.4, -0.2) is 19.2 Å². The fourth-order valence-corrected chi connectivity index (χ4v) is 2.87. The van der Waals surface area contributed by atoms with Crippen molar-refractivity contribution in [2.45, 2.75) is 13.8 Å². The molecule has 3 aromatic heterocycles. The maximum absolute atomic E-state index is 9.21. The lowest BCUT2D eigenvalue weighted by Gasteiger charge is -2.04. The molecule has 5 nitrogen and oxygen atoms in total. The van der Waals surface area contributed by atoms with Crippen LogP contribution in [0.3, 0.4) is 0 Å². The Kier molecular flexibility index (Phi) is 5.06. The number of nitriles is 1. The predicted molar refractivity (Wildman–Crippen MR) is 104 cm³/mol.